The lowest BCUT2D eigenvalue weighted by molar-refractivity contribution is 0.278. The minimum Gasteiger partial charge on any atom is -0.494 e. The van der Waals surface area contributed by atoms with E-state index in [1.165, 1.54) is 5.56 Å². The molecule has 0 aliphatic heterocycles. The molecule has 2 aromatic rings. The zero-order valence-corrected chi connectivity index (χ0v) is 10.4. The molecular formula is C16H18O2. The Bertz CT molecular complexity index is 466. The number of aliphatic hydroxyl groups is 1. The van der Waals surface area contributed by atoms with E-state index in [1.807, 2.05) is 30.3 Å². The number of ether oxygens (including phenoxy) is 1. The first-order valence-electron chi connectivity index (χ1n) is 6.25. The second-order valence-corrected chi connectivity index (χ2v) is 4.24. The number of rotatable bonds is 6. The van der Waals surface area contributed by atoms with Gasteiger partial charge in [0.05, 0.1) is 13.2 Å². The summed E-state index contributed by atoms with van der Waals surface area (Å²) in [7, 11) is 0. The number of aliphatic hydroxyl groups excluding tert-OH is 1. The zero-order chi connectivity index (χ0) is 12.6. The Hall–Kier alpha value is -1.80. The third-order valence-corrected chi connectivity index (χ3v) is 2.80. The van der Waals surface area contributed by atoms with Crippen LogP contribution in [-0.2, 0) is 13.0 Å². The summed E-state index contributed by atoms with van der Waals surface area (Å²) in [5.74, 6) is 0.828. The monoisotopic (exact) mass is 242 g/mol. The van der Waals surface area contributed by atoms with Crippen molar-refractivity contribution in [1.29, 1.82) is 0 Å². The molecular weight excluding hydrogens is 224 g/mol. The summed E-state index contributed by atoms with van der Waals surface area (Å²) in [4.78, 5) is 0. The van der Waals surface area contributed by atoms with Gasteiger partial charge in [-0.3, -0.25) is 0 Å². The van der Waals surface area contributed by atoms with Crippen LogP contribution >= 0.6 is 0 Å². The molecule has 0 atom stereocenters. The van der Waals surface area contributed by atoms with Crippen LogP contribution in [0.4, 0.5) is 0 Å². The quantitative estimate of drug-likeness (QED) is 0.788. The molecule has 2 rings (SSSR count). The van der Waals surface area contributed by atoms with Crippen LogP contribution in [0.1, 0.15) is 17.5 Å². The average Bonchev–Trinajstić information content (AvgIpc) is 2.45. The summed E-state index contributed by atoms with van der Waals surface area (Å²) in [6, 6.07) is 18.0. The highest BCUT2D eigenvalue weighted by Gasteiger charge is 1.97. The molecule has 0 saturated carbocycles. The molecule has 0 spiro atoms. The summed E-state index contributed by atoms with van der Waals surface area (Å²) >= 11 is 0. The minimum atomic E-state index is 0.0568. The summed E-state index contributed by atoms with van der Waals surface area (Å²) in [6.07, 6.45) is 2.02. The molecule has 2 nitrogen and oxygen atoms in total. The standard InChI is InChI=1S/C16H18O2/c17-13-15-8-4-10-16(12-15)18-11-5-9-14-6-2-1-3-7-14/h1-4,6-8,10,12,17H,5,9,11,13H2. The smallest absolute Gasteiger partial charge is 0.119 e. The van der Waals surface area contributed by atoms with Crippen molar-refractivity contribution in [3.63, 3.8) is 0 Å². The van der Waals surface area contributed by atoms with Gasteiger partial charge in [-0.15, -0.1) is 0 Å². The van der Waals surface area contributed by atoms with E-state index < -0.39 is 0 Å². The molecule has 0 amide bonds. The van der Waals surface area contributed by atoms with Gasteiger partial charge in [0.15, 0.2) is 0 Å². The first-order valence-corrected chi connectivity index (χ1v) is 6.25. The molecule has 0 bridgehead atoms. The zero-order valence-electron chi connectivity index (χ0n) is 10.4. The first kappa shape index (κ1) is 12.7. The fourth-order valence-corrected chi connectivity index (χ4v) is 1.84. The van der Waals surface area contributed by atoms with Crippen molar-refractivity contribution in [1.82, 2.24) is 0 Å². The Morgan fingerprint density at radius 1 is 0.889 bits per heavy atom. The topological polar surface area (TPSA) is 29.5 Å². The molecule has 2 heteroatoms. The van der Waals surface area contributed by atoms with Gasteiger partial charge in [0, 0.05) is 0 Å². The van der Waals surface area contributed by atoms with E-state index in [4.69, 9.17) is 9.84 Å². The Kier molecular flexibility index (Phi) is 4.79. The van der Waals surface area contributed by atoms with Crippen LogP contribution in [0, 0.1) is 0 Å². The van der Waals surface area contributed by atoms with E-state index in [0.29, 0.717) is 6.61 Å². The Balaban J connectivity index is 1.75. The van der Waals surface area contributed by atoms with Crippen molar-refractivity contribution in [2.45, 2.75) is 19.4 Å². The predicted octanol–water partition coefficient (Wildman–Crippen LogP) is 3.19. The van der Waals surface area contributed by atoms with Crippen molar-refractivity contribution in [2.75, 3.05) is 6.61 Å². The van der Waals surface area contributed by atoms with E-state index in [2.05, 4.69) is 24.3 Å². The van der Waals surface area contributed by atoms with Crippen LogP contribution in [0.2, 0.25) is 0 Å². The van der Waals surface area contributed by atoms with Gasteiger partial charge in [-0.1, -0.05) is 42.5 Å². The maximum Gasteiger partial charge on any atom is 0.119 e. The van der Waals surface area contributed by atoms with Crippen LogP contribution in [0.3, 0.4) is 0 Å². The first-order chi connectivity index (χ1) is 8.88. The Morgan fingerprint density at radius 2 is 1.67 bits per heavy atom. The normalized spacial score (nSPS) is 10.3. The van der Waals surface area contributed by atoms with Crippen molar-refractivity contribution in [3.8, 4) is 5.75 Å². The molecule has 0 aromatic heterocycles. The van der Waals surface area contributed by atoms with Crippen LogP contribution in [-0.4, -0.2) is 11.7 Å². The van der Waals surface area contributed by atoms with Crippen LogP contribution < -0.4 is 4.74 Å². The van der Waals surface area contributed by atoms with E-state index in [1.54, 1.807) is 0 Å². The third-order valence-electron chi connectivity index (χ3n) is 2.80. The van der Waals surface area contributed by atoms with Crippen molar-refractivity contribution in [3.05, 3.63) is 65.7 Å². The lowest BCUT2D eigenvalue weighted by atomic mass is 10.1. The molecule has 18 heavy (non-hydrogen) atoms. The molecule has 0 heterocycles. The van der Waals surface area contributed by atoms with E-state index >= 15 is 0 Å². The van der Waals surface area contributed by atoms with Crippen molar-refractivity contribution < 1.29 is 9.84 Å². The van der Waals surface area contributed by atoms with Crippen LogP contribution in [0.15, 0.2) is 54.6 Å². The number of hydrogen-bond donors (Lipinski definition) is 1. The summed E-state index contributed by atoms with van der Waals surface area (Å²) < 4.78 is 5.66. The van der Waals surface area contributed by atoms with E-state index in [-0.39, 0.29) is 6.61 Å². The van der Waals surface area contributed by atoms with Gasteiger partial charge in [0.25, 0.3) is 0 Å². The number of aryl methyl sites for hydroxylation is 1. The Labute approximate surface area is 108 Å². The molecule has 0 saturated heterocycles. The van der Waals surface area contributed by atoms with Crippen molar-refractivity contribution in [2.24, 2.45) is 0 Å². The average molecular weight is 242 g/mol. The molecule has 94 valence electrons. The van der Waals surface area contributed by atoms with Crippen molar-refractivity contribution >= 4 is 0 Å². The molecule has 0 aliphatic carbocycles. The highest BCUT2D eigenvalue weighted by molar-refractivity contribution is 5.27. The highest BCUT2D eigenvalue weighted by atomic mass is 16.5. The largest absolute Gasteiger partial charge is 0.494 e. The highest BCUT2D eigenvalue weighted by Crippen LogP contribution is 2.13. The maximum atomic E-state index is 9.03. The van der Waals surface area contributed by atoms with E-state index in [9.17, 15) is 0 Å². The van der Waals surface area contributed by atoms with Gasteiger partial charge in [-0.2, -0.15) is 0 Å². The number of hydrogen-bond acceptors (Lipinski definition) is 2. The minimum absolute atomic E-state index is 0.0568. The summed E-state index contributed by atoms with van der Waals surface area (Å²) in [5, 5.41) is 9.03. The third kappa shape index (κ3) is 3.90. The van der Waals surface area contributed by atoms with Gasteiger partial charge in [-0.25, -0.2) is 0 Å². The lowest BCUT2D eigenvalue weighted by Gasteiger charge is -2.07. The van der Waals surface area contributed by atoms with Gasteiger partial charge in [0.1, 0.15) is 5.75 Å². The van der Waals surface area contributed by atoms with Gasteiger partial charge >= 0.3 is 0 Å². The maximum absolute atomic E-state index is 9.03. The predicted molar refractivity (Wildman–Crippen MR) is 72.6 cm³/mol. The number of benzene rings is 2. The molecule has 0 fully saturated rings. The van der Waals surface area contributed by atoms with Gasteiger partial charge < -0.3 is 9.84 Å². The molecule has 0 aliphatic rings. The fraction of sp³-hybridized carbons (Fsp3) is 0.250. The molecule has 1 N–H and O–H groups in total. The lowest BCUT2D eigenvalue weighted by Crippen LogP contribution is -1.99. The fourth-order valence-electron chi connectivity index (χ4n) is 1.84. The molecule has 0 radical (unpaired) electrons. The second kappa shape index (κ2) is 6.82. The summed E-state index contributed by atoms with van der Waals surface area (Å²) in [5.41, 5.74) is 2.22. The SMILES string of the molecule is OCc1cccc(OCCCc2ccccc2)c1. The summed E-state index contributed by atoms with van der Waals surface area (Å²) in [6.45, 7) is 0.755. The van der Waals surface area contributed by atoms with Crippen LogP contribution in [0.25, 0.3) is 0 Å². The molecule has 0 unspecified atom stereocenters. The second-order valence-electron chi connectivity index (χ2n) is 4.24. The Morgan fingerprint density at radius 3 is 2.44 bits per heavy atom. The van der Waals surface area contributed by atoms with Gasteiger partial charge in [-0.05, 0) is 36.1 Å². The van der Waals surface area contributed by atoms with E-state index in [0.717, 1.165) is 24.2 Å². The molecule has 2 aromatic carbocycles. The van der Waals surface area contributed by atoms with Crippen LogP contribution in [0.5, 0.6) is 5.75 Å². The van der Waals surface area contributed by atoms with Gasteiger partial charge in [0.2, 0.25) is 0 Å².